The largest absolute Gasteiger partial charge is 0.316 e. The van der Waals surface area contributed by atoms with Crippen LogP contribution in [0.3, 0.4) is 0 Å². The van der Waals surface area contributed by atoms with E-state index in [9.17, 15) is 0 Å². The van der Waals surface area contributed by atoms with Crippen LogP contribution in [0.2, 0.25) is 0 Å². The highest BCUT2D eigenvalue weighted by Crippen LogP contribution is 2.16. The summed E-state index contributed by atoms with van der Waals surface area (Å²) in [7, 11) is 0. The van der Waals surface area contributed by atoms with Gasteiger partial charge >= 0.3 is 0 Å². The molecule has 0 aromatic carbocycles. The van der Waals surface area contributed by atoms with E-state index >= 15 is 0 Å². The van der Waals surface area contributed by atoms with Crippen molar-refractivity contribution >= 4 is 5.65 Å². The SMILES string of the molecule is Cc1cccn2c(CC3CCNC3)nnc12. The third kappa shape index (κ3) is 1.59. The first-order valence-corrected chi connectivity index (χ1v) is 5.84. The molecule has 3 heterocycles. The van der Waals surface area contributed by atoms with Crippen molar-refractivity contribution in [1.29, 1.82) is 0 Å². The molecule has 1 aliphatic rings. The Kier molecular flexibility index (Phi) is 2.36. The van der Waals surface area contributed by atoms with Gasteiger partial charge in [-0.15, -0.1) is 10.2 Å². The fourth-order valence-corrected chi connectivity index (χ4v) is 2.38. The fraction of sp³-hybridized carbons (Fsp3) is 0.500. The van der Waals surface area contributed by atoms with Crippen molar-refractivity contribution in [3.63, 3.8) is 0 Å². The summed E-state index contributed by atoms with van der Waals surface area (Å²) >= 11 is 0. The Hall–Kier alpha value is -1.42. The number of aromatic nitrogens is 3. The maximum Gasteiger partial charge on any atom is 0.163 e. The lowest BCUT2D eigenvalue weighted by molar-refractivity contribution is 0.558. The van der Waals surface area contributed by atoms with Crippen molar-refractivity contribution in [2.75, 3.05) is 13.1 Å². The Labute approximate surface area is 94.7 Å². The normalized spacial score (nSPS) is 20.7. The molecule has 1 unspecified atom stereocenters. The van der Waals surface area contributed by atoms with Gasteiger partial charge in [-0.2, -0.15) is 0 Å². The van der Waals surface area contributed by atoms with Gasteiger partial charge in [-0.3, -0.25) is 4.40 Å². The molecule has 0 amide bonds. The summed E-state index contributed by atoms with van der Waals surface area (Å²) in [5.41, 5.74) is 2.18. The monoisotopic (exact) mass is 216 g/mol. The average molecular weight is 216 g/mol. The van der Waals surface area contributed by atoms with Gasteiger partial charge in [0, 0.05) is 12.6 Å². The van der Waals surface area contributed by atoms with Gasteiger partial charge in [0.25, 0.3) is 0 Å². The van der Waals surface area contributed by atoms with Gasteiger partial charge in [0.15, 0.2) is 5.65 Å². The number of nitrogens with one attached hydrogen (secondary N) is 1. The molecule has 2 aromatic rings. The quantitative estimate of drug-likeness (QED) is 0.820. The third-order valence-electron chi connectivity index (χ3n) is 3.33. The number of nitrogens with zero attached hydrogens (tertiary/aromatic N) is 3. The predicted octanol–water partition coefficient (Wildman–Crippen LogP) is 1.19. The molecule has 2 aromatic heterocycles. The molecule has 3 rings (SSSR count). The highest BCUT2D eigenvalue weighted by molar-refractivity contribution is 5.46. The van der Waals surface area contributed by atoms with E-state index in [-0.39, 0.29) is 0 Å². The van der Waals surface area contributed by atoms with Crippen molar-refractivity contribution in [1.82, 2.24) is 19.9 Å². The topological polar surface area (TPSA) is 42.2 Å². The highest BCUT2D eigenvalue weighted by Gasteiger charge is 2.18. The Morgan fingerprint density at radius 2 is 2.44 bits per heavy atom. The van der Waals surface area contributed by atoms with Gasteiger partial charge in [0.2, 0.25) is 0 Å². The maximum absolute atomic E-state index is 4.30. The first kappa shape index (κ1) is 9.78. The van der Waals surface area contributed by atoms with Gasteiger partial charge in [-0.1, -0.05) is 6.07 Å². The van der Waals surface area contributed by atoms with E-state index in [0.717, 1.165) is 31.0 Å². The minimum atomic E-state index is 0.716. The summed E-state index contributed by atoms with van der Waals surface area (Å²) in [4.78, 5) is 0. The first-order valence-electron chi connectivity index (χ1n) is 5.84. The molecule has 84 valence electrons. The Morgan fingerprint density at radius 3 is 3.25 bits per heavy atom. The molecule has 4 nitrogen and oxygen atoms in total. The molecule has 1 fully saturated rings. The zero-order chi connectivity index (χ0) is 11.0. The molecule has 1 saturated heterocycles. The van der Waals surface area contributed by atoms with Crippen LogP contribution in [0.25, 0.3) is 5.65 Å². The highest BCUT2D eigenvalue weighted by atomic mass is 15.2. The number of pyridine rings is 1. The standard InChI is InChI=1S/C12H16N4/c1-9-3-2-6-16-11(14-15-12(9)16)7-10-4-5-13-8-10/h2-3,6,10,13H,4-5,7-8H2,1H3. The van der Waals surface area contributed by atoms with Gasteiger partial charge < -0.3 is 5.32 Å². The molecular weight excluding hydrogens is 200 g/mol. The van der Waals surface area contributed by atoms with E-state index in [1.54, 1.807) is 0 Å². The molecule has 0 radical (unpaired) electrons. The number of fused-ring (bicyclic) bond motifs is 1. The molecule has 0 bridgehead atoms. The maximum atomic E-state index is 4.30. The van der Waals surface area contributed by atoms with Gasteiger partial charge in [0.1, 0.15) is 5.82 Å². The summed E-state index contributed by atoms with van der Waals surface area (Å²) in [5.74, 6) is 1.81. The predicted molar refractivity (Wildman–Crippen MR) is 62.4 cm³/mol. The minimum absolute atomic E-state index is 0.716. The molecule has 0 aliphatic carbocycles. The Morgan fingerprint density at radius 1 is 1.50 bits per heavy atom. The Balaban J connectivity index is 1.94. The smallest absolute Gasteiger partial charge is 0.163 e. The summed E-state index contributed by atoms with van der Waals surface area (Å²) < 4.78 is 2.12. The van der Waals surface area contributed by atoms with Crippen LogP contribution < -0.4 is 5.32 Å². The van der Waals surface area contributed by atoms with Crippen molar-refractivity contribution in [2.24, 2.45) is 5.92 Å². The van der Waals surface area contributed by atoms with Crippen molar-refractivity contribution in [3.8, 4) is 0 Å². The van der Waals surface area contributed by atoms with Crippen LogP contribution in [0.4, 0.5) is 0 Å². The van der Waals surface area contributed by atoms with Crippen LogP contribution in [0.5, 0.6) is 0 Å². The molecule has 1 atom stereocenters. The summed E-state index contributed by atoms with van der Waals surface area (Å²) in [6.45, 7) is 4.33. The van der Waals surface area contributed by atoms with Crippen molar-refractivity contribution in [3.05, 3.63) is 29.7 Å². The molecular formula is C12H16N4. The zero-order valence-electron chi connectivity index (χ0n) is 9.48. The zero-order valence-corrected chi connectivity index (χ0v) is 9.48. The fourth-order valence-electron chi connectivity index (χ4n) is 2.38. The number of aryl methyl sites for hydroxylation is 1. The lowest BCUT2D eigenvalue weighted by Crippen LogP contribution is -2.12. The van der Waals surface area contributed by atoms with E-state index < -0.39 is 0 Å². The minimum Gasteiger partial charge on any atom is -0.316 e. The second-order valence-corrected chi connectivity index (χ2v) is 4.56. The van der Waals surface area contributed by atoms with Crippen LogP contribution in [-0.4, -0.2) is 27.7 Å². The van der Waals surface area contributed by atoms with Crippen molar-refractivity contribution in [2.45, 2.75) is 19.8 Å². The van der Waals surface area contributed by atoms with Crippen LogP contribution in [0, 0.1) is 12.8 Å². The van der Waals surface area contributed by atoms with Crippen LogP contribution >= 0.6 is 0 Å². The molecule has 1 N–H and O–H groups in total. The van der Waals surface area contributed by atoms with E-state index in [4.69, 9.17) is 0 Å². The van der Waals surface area contributed by atoms with Gasteiger partial charge in [0.05, 0.1) is 0 Å². The second-order valence-electron chi connectivity index (χ2n) is 4.56. The number of rotatable bonds is 2. The van der Waals surface area contributed by atoms with Crippen LogP contribution in [-0.2, 0) is 6.42 Å². The molecule has 4 heteroatoms. The van der Waals surface area contributed by atoms with E-state index in [1.165, 1.54) is 12.0 Å². The lowest BCUT2D eigenvalue weighted by Gasteiger charge is -2.06. The summed E-state index contributed by atoms with van der Waals surface area (Å²) in [6, 6.07) is 4.13. The van der Waals surface area contributed by atoms with E-state index in [1.807, 2.05) is 0 Å². The summed E-state index contributed by atoms with van der Waals surface area (Å²) in [6.07, 6.45) is 4.33. The van der Waals surface area contributed by atoms with E-state index in [0.29, 0.717) is 5.92 Å². The number of hydrogen-bond donors (Lipinski definition) is 1. The molecule has 0 spiro atoms. The Bertz CT molecular complexity index is 497. The van der Waals surface area contributed by atoms with Crippen molar-refractivity contribution < 1.29 is 0 Å². The van der Waals surface area contributed by atoms with Crippen LogP contribution in [0.1, 0.15) is 17.8 Å². The third-order valence-corrected chi connectivity index (χ3v) is 3.33. The summed E-state index contributed by atoms with van der Waals surface area (Å²) in [5, 5.41) is 11.9. The second kappa shape index (κ2) is 3.87. The molecule has 16 heavy (non-hydrogen) atoms. The molecule has 1 aliphatic heterocycles. The molecule has 0 saturated carbocycles. The van der Waals surface area contributed by atoms with Crippen LogP contribution in [0.15, 0.2) is 18.3 Å². The first-order chi connectivity index (χ1) is 7.84. The number of hydrogen-bond acceptors (Lipinski definition) is 3. The van der Waals surface area contributed by atoms with E-state index in [2.05, 4.69) is 45.2 Å². The van der Waals surface area contributed by atoms with Gasteiger partial charge in [-0.25, -0.2) is 0 Å². The lowest BCUT2D eigenvalue weighted by atomic mass is 10.0. The van der Waals surface area contributed by atoms with Gasteiger partial charge in [-0.05, 0) is 44.0 Å². The average Bonchev–Trinajstić information content (AvgIpc) is 2.90.